The summed E-state index contributed by atoms with van der Waals surface area (Å²) < 4.78 is 5.83. The van der Waals surface area contributed by atoms with E-state index in [-0.39, 0.29) is 17.4 Å². The zero-order valence-electron chi connectivity index (χ0n) is 14.9. The minimum atomic E-state index is -0.569. The Balaban J connectivity index is 2.10. The molecule has 0 aromatic heterocycles. The van der Waals surface area contributed by atoms with Gasteiger partial charge in [0.05, 0.1) is 6.04 Å². The lowest BCUT2D eigenvalue weighted by Gasteiger charge is -2.45. The van der Waals surface area contributed by atoms with Crippen LogP contribution in [0.1, 0.15) is 53.9 Å². The molecule has 0 N–H and O–H groups in total. The van der Waals surface area contributed by atoms with Crippen LogP contribution in [0.4, 0.5) is 0 Å². The normalized spacial score (nSPS) is 34.2. The first-order chi connectivity index (χ1) is 10.7. The van der Waals surface area contributed by atoms with Crippen molar-refractivity contribution in [2.75, 3.05) is 6.54 Å². The van der Waals surface area contributed by atoms with Gasteiger partial charge in [-0.15, -0.1) is 0 Å². The zero-order valence-corrected chi connectivity index (χ0v) is 14.9. The Kier molecular flexibility index (Phi) is 3.92. The van der Waals surface area contributed by atoms with E-state index < -0.39 is 5.60 Å². The predicted molar refractivity (Wildman–Crippen MR) is 91.7 cm³/mol. The maximum absolute atomic E-state index is 12.0. The number of esters is 1. The van der Waals surface area contributed by atoms with Gasteiger partial charge in [0.15, 0.2) is 5.60 Å². The highest BCUT2D eigenvalue weighted by Gasteiger charge is 2.51. The van der Waals surface area contributed by atoms with E-state index in [1.165, 1.54) is 12.8 Å². The molecule has 0 spiro atoms. The van der Waals surface area contributed by atoms with E-state index >= 15 is 0 Å². The van der Waals surface area contributed by atoms with Crippen LogP contribution < -0.4 is 0 Å². The lowest BCUT2D eigenvalue weighted by Crippen LogP contribution is -2.55. The SMILES string of the molecule is C[C@H]1C=C(C#CC(C)(C)C)C2=CC(=O)O[C@]2(C)[C@H]2CCCCN12. The summed E-state index contributed by atoms with van der Waals surface area (Å²) in [7, 11) is 0. The molecule has 3 atom stereocenters. The lowest BCUT2D eigenvalue weighted by atomic mass is 9.81. The van der Waals surface area contributed by atoms with Crippen molar-refractivity contribution in [2.24, 2.45) is 5.41 Å². The van der Waals surface area contributed by atoms with E-state index in [4.69, 9.17) is 4.74 Å². The fourth-order valence-corrected chi connectivity index (χ4v) is 3.97. The van der Waals surface area contributed by atoms with Gasteiger partial charge in [0.25, 0.3) is 0 Å². The Morgan fingerprint density at radius 3 is 2.78 bits per heavy atom. The highest BCUT2D eigenvalue weighted by atomic mass is 16.6. The monoisotopic (exact) mass is 313 g/mol. The van der Waals surface area contributed by atoms with Crippen molar-refractivity contribution in [3.05, 3.63) is 23.3 Å². The summed E-state index contributed by atoms with van der Waals surface area (Å²) in [6, 6.07) is 0.556. The van der Waals surface area contributed by atoms with Crippen LogP contribution in [0.15, 0.2) is 23.3 Å². The minimum Gasteiger partial charge on any atom is -0.450 e. The van der Waals surface area contributed by atoms with E-state index in [1.807, 2.05) is 0 Å². The Bertz CT molecular complexity index is 641. The molecule has 0 bridgehead atoms. The summed E-state index contributed by atoms with van der Waals surface area (Å²) >= 11 is 0. The molecule has 3 aliphatic heterocycles. The van der Waals surface area contributed by atoms with Crippen molar-refractivity contribution in [1.29, 1.82) is 0 Å². The number of ether oxygens (including phenoxy) is 1. The number of rotatable bonds is 0. The van der Waals surface area contributed by atoms with Gasteiger partial charge in [-0.25, -0.2) is 4.79 Å². The van der Waals surface area contributed by atoms with Crippen molar-refractivity contribution in [3.8, 4) is 11.8 Å². The van der Waals surface area contributed by atoms with Crippen LogP contribution in [-0.2, 0) is 9.53 Å². The van der Waals surface area contributed by atoms with Crippen LogP contribution >= 0.6 is 0 Å². The molecule has 0 saturated carbocycles. The largest absolute Gasteiger partial charge is 0.450 e. The third kappa shape index (κ3) is 2.97. The Morgan fingerprint density at radius 1 is 1.35 bits per heavy atom. The predicted octanol–water partition coefficient (Wildman–Crippen LogP) is 3.46. The van der Waals surface area contributed by atoms with Gasteiger partial charge in [0.1, 0.15) is 0 Å². The average Bonchev–Trinajstić information content (AvgIpc) is 2.74. The highest BCUT2D eigenvalue weighted by Crippen LogP contribution is 2.44. The molecular weight excluding hydrogens is 286 g/mol. The molecule has 1 fully saturated rings. The second-order valence-electron chi connectivity index (χ2n) is 8.16. The Labute approximate surface area is 139 Å². The van der Waals surface area contributed by atoms with Gasteiger partial charge in [0.2, 0.25) is 0 Å². The van der Waals surface area contributed by atoms with Gasteiger partial charge in [-0.05, 0) is 54.0 Å². The van der Waals surface area contributed by atoms with E-state index in [9.17, 15) is 4.79 Å². The van der Waals surface area contributed by atoms with Gasteiger partial charge in [0, 0.05) is 28.7 Å². The first-order valence-corrected chi connectivity index (χ1v) is 8.67. The minimum absolute atomic E-state index is 0.0656. The van der Waals surface area contributed by atoms with Gasteiger partial charge in [-0.2, -0.15) is 0 Å². The lowest BCUT2D eigenvalue weighted by molar-refractivity contribution is -0.151. The molecule has 0 aromatic carbocycles. The molecule has 0 amide bonds. The number of carbonyl (C=O) groups is 1. The summed E-state index contributed by atoms with van der Waals surface area (Å²) in [5, 5.41) is 0. The smallest absolute Gasteiger partial charge is 0.332 e. The first-order valence-electron chi connectivity index (χ1n) is 8.67. The molecule has 3 nitrogen and oxygen atoms in total. The number of nitrogens with zero attached hydrogens (tertiary/aromatic N) is 1. The summed E-state index contributed by atoms with van der Waals surface area (Å²) in [5.74, 6) is 6.43. The summed E-state index contributed by atoms with van der Waals surface area (Å²) in [4.78, 5) is 14.5. The molecule has 3 heterocycles. The topological polar surface area (TPSA) is 29.5 Å². The van der Waals surface area contributed by atoms with Crippen molar-refractivity contribution in [2.45, 2.75) is 71.6 Å². The van der Waals surface area contributed by atoms with E-state index in [2.05, 4.69) is 57.4 Å². The number of fused-ring (bicyclic) bond motifs is 3. The molecule has 1 saturated heterocycles. The summed E-state index contributed by atoms with van der Waals surface area (Å²) in [6.45, 7) is 11.7. The molecule has 0 unspecified atom stereocenters. The van der Waals surface area contributed by atoms with Gasteiger partial charge in [-0.3, -0.25) is 4.90 Å². The highest BCUT2D eigenvalue weighted by molar-refractivity contribution is 5.89. The third-order valence-corrected chi connectivity index (χ3v) is 5.08. The van der Waals surface area contributed by atoms with Crippen LogP contribution in [0.25, 0.3) is 0 Å². The molecule has 0 aromatic rings. The maximum atomic E-state index is 12.0. The summed E-state index contributed by atoms with van der Waals surface area (Å²) in [6.07, 6.45) is 7.35. The van der Waals surface area contributed by atoms with Crippen LogP contribution in [0, 0.1) is 17.3 Å². The quantitative estimate of drug-likeness (QED) is 0.507. The molecule has 124 valence electrons. The van der Waals surface area contributed by atoms with E-state index in [0.717, 1.165) is 24.1 Å². The van der Waals surface area contributed by atoms with Crippen LogP contribution in [0.5, 0.6) is 0 Å². The standard InChI is InChI=1S/C20H27NO2/c1-14-12-15(9-10-19(2,3)4)16-13-18(22)23-20(16,5)17-8-6-7-11-21(14)17/h12-14,17H,6-8,11H2,1-5H3/t14-,17+,20-/m0/s1. The molecular formula is C20H27NO2. The number of carbonyl (C=O) groups excluding carboxylic acids is 1. The maximum Gasteiger partial charge on any atom is 0.332 e. The second-order valence-corrected chi connectivity index (χ2v) is 8.16. The van der Waals surface area contributed by atoms with Crippen molar-refractivity contribution < 1.29 is 9.53 Å². The average molecular weight is 313 g/mol. The van der Waals surface area contributed by atoms with Gasteiger partial charge in [-0.1, -0.05) is 24.3 Å². The van der Waals surface area contributed by atoms with Crippen LogP contribution in [0.3, 0.4) is 0 Å². The van der Waals surface area contributed by atoms with Crippen LogP contribution in [-0.4, -0.2) is 35.1 Å². The zero-order chi connectivity index (χ0) is 16.8. The fourth-order valence-electron chi connectivity index (χ4n) is 3.97. The van der Waals surface area contributed by atoms with Gasteiger partial charge < -0.3 is 4.74 Å². The van der Waals surface area contributed by atoms with Crippen molar-refractivity contribution >= 4 is 5.97 Å². The second kappa shape index (κ2) is 5.53. The van der Waals surface area contributed by atoms with E-state index in [1.54, 1.807) is 6.08 Å². The van der Waals surface area contributed by atoms with Crippen LogP contribution in [0.2, 0.25) is 0 Å². The first kappa shape index (κ1) is 16.3. The molecule has 3 heteroatoms. The van der Waals surface area contributed by atoms with Gasteiger partial charge >= 0.3 is 5.97 Å². The number of hydrogen-bond donors (Lipinski definition) is 0. The molecule has 3 rings (SSSR count). The molecule has 0 aliphatic carbocycles. The fraction of sp³-hybridized carbons (Fsp3) is 0.650. The van der Waals surface area contributed by atoms with E-state index in [0.29, 0.717) is 6.04 Å². The molecule has 0 radical (unpaired) electrons. The summed E-state index contributed by atoms with van der Waals surface area (Å²) in [5.41, 5.74) is 1.31. The number of hydrogen-bond acceptors (Lipinski definition) is 3. The Morgan fingerprint density at radius 2 is 2.09 bits per heavy atom. The molecule has 23 heavy (non-hydrogen) atoms. The van der Waals surface area contributed by atoms with Crippen molar-refractivity contribution in [3.63, 3.8) is 0 Å². The Hall–Kier alpha value is -1.53. The molecule has 3 aliphatic rings. The number of piperidine rings is 1. The van der Waals surface area contributed by atoms with Crippen molar-refractivity contribution in [1.82, 2.24) is 4.90 Å². The third-order valence-electron chi connectivity index (χ3n) is 5.08.